The zero-order chi connectivity index (χ0) is 14.7. The monoisotopic (exact) mass is 319 g/mol. The summed E-state index contributed by atoms with van der Waals surface area (Å²) in [4.78, 5) is 2.99. The van der Waals surface area contributed by atoms with Gasteiger partial charge < -0.3 is 10.1 Å². The number of aryl methyl sites for hydroxylation is 1. The average molecular weight is 319 g/mol. The molecule has 0 aliphatic carbocycles. The second-order valence-electron chi connectivity index (χ2n) is 5.13. The molecule has 0 bridgehead atoms. The SMILES string of the molecule is CCOc1cccc(C(NC)c2cc3c(s2)CCSC3)c1. The number of thiophene rings is 1. The van der Waals surface area contributed by atoms with Crippen LogP contribution in [0, 0.1) is 0 Å². The minimum absolute atomic E-state index is 0.256. The molecule has 1 aromatic carbocycles. The number of fused-ring (bicyclic) bond motifs is 1. The standard InChI is InChI=1S/C17H21NOS2/c1-3-19-14-6-4-5-12(9-14)17(18-2)16-10-13-11-20-8-7-15(13)21-16/h4-6,9-10,17-18H,3,7-8,11H2,1-2H3. The summed E-state index contributed by atoms with van der Waals surface area (Å²) < 4.78 is 5.63. The molecule has 1 atom stereocenters. The summed E-state index contributed by atoms with van der Waals surface area (Å²) in [5.74, 6) is 3.38. The first-order valence-corrected chi connectivity index (χ1v) is 9.38. The minimum atomic E-state index is 0.256. The maximum Gasteiger partial charge on any atom is 0.119 e. The van der Waals surface area contributed by atoms with Crippen LogP contribution in [0.1, 0.15) is 33.8 Å². The molecule has 0 fully saturated rings. The van der Waals surface area contributed by atoms with E-state index in [1.165, 1.54) is 33.9 Å². The number of thioether (sulfide) groups is 1. The lowest BCUT2D eigenvalue weighted by Gasteiger charge is -2.16. The third-order valence-corrected chi connectivity index (χ3v) is 6.03. The fourth-order valence-corrected chi connectivity index (χ4v) is 5.25. The van der Waals surface area contributed by atoms with Crippen LogP contribution in [0.25, 0.3) is 0 Å². The fourth-order valence-electron chi connectivity index (χ4n) is 2.74. The van der Waals surface area contributed by atoms with Crippen molar-refractivity contribution in [3.8, 4) is 5.75 Å². The van der Waals surface area contributed by atoms with Crippen molar-refractivity contribution in [2.75, 3.05) is 19.4 Å². The van der Waals surface area contributed by atoms with Crippen LogP contribution in [0.3, 0.4) is 0 Å². The molecule has 112 valence electrons. The zero-order valence-corrected chi connectivity index (χ0v) is 14.2. The van der Waals surface area contributed by atoms with E-state index in [2.05, 4.69) is 29.6 Å². The van der Waals surface area contributed by atoms with Crippen LogP contribution in [-0.2, 0) is 12.2 Å². The maximum absolute atomic E-state index is 5.63. The molecule has 0 spiro atoms. The number of hydrogen-bond acceptors (Lipinski definition) is 4. The molecule has 2 heterocycles. The van der Waals surface area contributed by atoms with E-state index >= 15 is 0 Å². The number of ether oxygens (including phenoxy) is 1. The fraction of sp³-hybridized carbons (Fsp3) is 0.412. The van der Waals surface area contributed by atoms with Gasteiger partial charge in [0.25, 0.3) is 0 Å². The Morgan fingerprint density at radius 1 is 1.33 bits per heavy atom. The highest BCUT2D eigenvalue weighted by molar-refractivity contribution is 7.98. The molecule has 1 aliphatic rings. The number of nitrogens with one attached hydrogen (secondary N) is 1. The first-order chi connectivity index (χ1) is 10.3. The number of benzene rings is 1. The first kappa shape index (κ1) is 14.9. The van der Waals surface area contributed by atoms with E-state index in [-0.39, 0.29) is 6.04 Å². The Bertz CT molecular complexity index is 585. The van der Waals surface area contributed by atoms with Gasteiger partial charge in [-0.05, 0) is 55.5 Å². The summed E-state index contributed by atoms with van der Waals surface area (Å²) in [5.41, 5.74) is 2.81. The van der Waals surface area contributed by atoms with E-state index < -0.39 is 0 Å². The van der Waals surface area contributed by atoms with E-state index in [4.69, 9.17) is 4.74 Å². The summed E-state index contributed by atoms with van der Waals surface area (Å²) in [6.45, 7) is 2.73. The molecule has 3 rings (SSSR count). The summed E-state index contributed by atoms with van der Waals surface area (Å²) >= 11 is 4.01. The highest BCUT2D eigenvalue weighted by Crippen LogP contribution is 2.36. The van der Waals surface area contributed by atoms with Crippen molar-refractivity contribution >= 4 is 23.1 Å². The predicted molar refractivity (Wildman–Crippen MR) is 92.7 cm³/mol. The first-order valence-electron chi connectivity index (χ1n) is 7.41. The van der Waals surface area contributed by atoms with Crippen molar-refractivity contribution in [1.29, 1.82) is 0 Å². The van der Waals surface area contributed by atoms with Crippen LogP contribution in [0.2, 0.25) is 0 Å². The van der Waals surface area contributed by atoms with Crippen molar-refractivity contribution in [1.82, 2.24) is 5.32 Å². The van der Waals surface area contributed by atoms with Crippen molar-refractivity contribution < 1.29 is 4.74 Å². The molecule has 2 nitrogen and oxygen atoms in total. The van der Waals surface area contributed by atoms with E-state index in [1.807, 2.05) is 43.1 Å². The molecule has 21 heavy (non-hydrogen) atoms. The van der Waals surface area contributed by atoms with Crippen LogP contribution >= 0.6 is 23.1 Å². The van der Waals surface area contributed by atoms with Crippen molar-refractivity contribution in [2.45, 2.75) is 25.1 Å². The smallest absolute Gasteiger partial charge is 0.119 e. The Labute approximate surface area is 134 Å². The molecule has 2 aromatic rings. The van der Waals surface area contributed by atoms with Gasteiger partial charge in [-0.1, -0.05) is 12.1 Å². The topological polar surface area (TPSA) is 21.3 Å². The Balaban J connectivity index is 1.90. The molecule has 4 heteroatoms. The minimum Gasteiger partial charge on any atom is -0.494 e. The highest BCUT2D eigenvalue weighted by atomic mass is 32.2. The van der Waals surface area contributed by atoms with Crippen molar-refractivity contribution in [3.05, 3.63) is 51.2 Å². The highest BCUT2D eigenvalue weighted by Gasteiger charge is 2.20. The molecule has 1 unspecified atom stereocenters. The molecular weight excluding hydrogens is 298 g/mol. The second-order valence-corrected chi connectivity index (χ2v) is 7.40. The molecular formula is C17H21NOS2. The van der Waals surface area contributed by atoms with Crippen LogP contribution in [0.15, 0.2) is 30.3 Å². The van der Waals surface area contributed by atoms with Gasteiger partial charge in [0, 0.05) is 15.5 Å². The average Bonchev–Trinajstić information content (AvgIpc) is 2.92. The molecule has 1 N–H and O–H groups in total. The van der Waals surface area contributed by atoms with Gasteiger partial charge in [-0.15, -0.1) is 11.3 Å². The molecule has 1 aromatic heterocycles. The van der Waals surface area contributed by atoms with Crippen LogP contribution in [0.4, 0.5) is 0 Å². The van der Waals surface area contributed by atoms with Crippen molar-refractivity contribution in [2.24, 2.45) is 0 Å². The van der Waals surface area contributed by atoms with Gasteiger partial charge >= 0.3 is 0 Å². The third-order valence-electron chi connectivity index (χ3n) is 3.72. The summed E-state index contributed by atoms with van der Waals surface area (Å²) in [6.07, 6.45) is 1.22. The Morgan fingerprint density at radius 3 is 3.00 bits per heavy atom. The Kier molecular flexibility index (Phi) is 4.88. The van der Waals surface area contributed by atoms with Crippen LogP contribution in [0.5, 0.6) is 5.75 Å². The largest absolute Gasteiger partial charge is 0.494 e. The van der Waals surface area contributed by atoms with Gasteiger partial charge in [-0.25, -0.2) is 0 Å². The van der Waals surface area contributed by atoms with E-state index in [1.54, 1.807) is 4.88 Å². The van der Waals surface area contributed by atoms with Crippen LogP contribution in [-0.4, -0.2) is 19.4 Å². The van der Waals surface area contributed by atoms with Gasteiger partial charge in [-0.2, -0.15) is 11.8 Å². The van der Waals surface area contributed by atoms with Gasteiger partial charge in [0.15, 0.2) is 0 Å². The predicted octanol–water partition coefficient (Wildman–Crippen LogP) is 4.24. The zero-order valence-electron chi connectivity index (χ0n) is 12.5. The quantitative estimate of drug-likeness (QED) is 0.890. The molecule has 0 radical (unpaired) electrons. The number of hydrogen-bond donors (Lipinski definition) is 1. The van der Waals surface area contributed by atoms with E-state index in [0.29, 0.717) is 6.61 Å². The summed E-state index contributed by atoms with van der Waals surface area (Å²) in [7, 11) is 2.03. The third kappa shape index (κ3) is 3.28. The van der Waals surface area contributed by atoms with Crippen molar-refractivity contribution in [3.63, 3.8) is 0 Å². The lowest BCUT2D eigenvalue weighted by molar-refractivity contribution is 0.339. The lowest BCUT2D eigenvalue weighted by atomic mass is 10.0. The molecule has 0 amide bonds. The number of rotatable bonds is 5. The molecule has 0 saturated heterocycles. The Hall–Kier alpha value is -0.970. The normalized spacial score (nSPS) is 15.5. The summed E-state index contributed by atoms with van der Waals surface area (Å²) in [5, 5.41) is 3.46. The van der Waals surface area contributed by atoms with Gasteiger partial charge in [0.05, 0.1) is 12.6 Å². The van der Waals surface area contributed by atoms with Gasteiger partial charge in [-0.3, -0.25) is 0 Å². The molecule has 1 aliphatic heterocycles. The Morgan fingerprint density at radius 2 is 2.24 bits per heavy atom. The van der Waals surface area contributed by atoms with Crippen LogP contribution < -0.4 is 10.1 Å². The van der Waals surface area contributed by atoms with E-state index in [9.17, 15) is 0 Å². The summed E-state index contributed by atoms with van der Waals surface area (Å²) in [6, 6.07) is 11.1. The van der Waals surface area contributed by atoms with E-state index in [0.717, 1.165) is 5.75 Å². The second kappa shape index (κ2) is 6.86. The van der Waals surface area contributed by atoms with Gasteiger partial charge in [0.2, 0.25) is 0 Å². The maximum atomic E-state index is 5.63. The van der Waals surface area contributed by atoms with Gasteiger partial charge in [0.1, 0.15) is 5.75 Å². The molecule has 0 saturated carbocycles. The lowest BCUT2D eigenvalue weighted by Crippen LogP contribution is -2.16.